The van der Waals surface area contributed by atoms with E-state index in [0.717, 1.165) is 44.4 Å². The Kier molecular flexibility index (Phi) is 12.7. The van der Waals surface area contributed by atoms with E-state index in [2.05, 4.69) is 59.7 Å². The quantitative estimate of drug-likeness (QED) is 0.248. The van der Waals surface area contributed by atoms with Gasteiger partial charge in [0.15, 0.2) is 5.96 Å². The summed E-state index contributed by atoms with van der Waals surface area (Å²) in [6.07, 6.45) is 6.08. The molecule has 0 bridgehead atoms. The van der Waals surface area contributed by atoms with Gasteiger partial charge in [-0.3, -0.25) is 4.99 Å². The summed E-state index contributed by atoms with van der Waals surface area (Å²) in [5.41, 5.74) is 1.41. The molecule has 0 aromatic heterocycles. The van der Waals surface area contributed by atoms with Crippen LogP contribution in [0.25, 0.3) is 0 Å². The summed E-state index contributed by atoms with van der Waals surface area (Å²) < 4.78 is 0. The minimum atomic E-state index is 0. The van der Waals surface area contributed by atoms with Crippen molar-refractivity contribution in [3.8, 4) is 0 Å². The van der Waals surface area contributed by atoms with Crippen molar-refractivity contribution >= 4 is 29.9 Å². The Morgan fingerprint density at radius 3 is 2.50 bits per heavy atom. The van der Waals surface area contributed by atoms with Crippen LogP contribution in [-0.2, 0) is 6.42 Å². The lowest BCUT2D eigenvalue weighted by atomic mass is 9.97. The number of nitrogens with one attached hydrogen (secondary N) is 2. The van der Waals surface area contributed by atoms with Crippen molar-refractivity contribution in [2.75, 3.05) is 39.3 Å². The maximum atomic E-state index is 4.83. The summed E-state index contributed by atoms with van der Waals surface area (Å²) in [4.78, 5) is 7.42. The third-order valence-corrected chi connectivity index (χ3v) is 4.88. The average Bonchev–Trinajstić information content (AvgIpc) is 2.65. The van der Waals surface area contributed by atoms with Crippen molar-refractivity contribution in [3.05, 3.63) is 35.9 Å². The van der Waals surface area contributed by atoms with E-state index in [4.69, 9.17) is 4.99 Å². The summed E-state index contributed by atoms with van der Waals surface area (Å²) in [5.74, 6) is 1.72. The highest BCUT2D eigenvalue weighted by Crippen LogP contribution is 2.17. The fourth-order valence-corrected chi connectivity index (χ4v) is 3.41. The van der Waals surface area contributed by atoms with Crippen LogP contribution >= 0.6 is 24.0 Å². The molecule has 1 aromatic carbocycles. The molecule has 0 aliphatic carbocycles. The summed E-state index contributed by atoms with van der Waals surface area (Å²) in [6, 6.07) is 10.7. The largest absolute Gasteiger partial charge is 0.357 e. The van der Waals surface area contributed by atoms with E-state index in [1.165, 1.54) is 44.5 Å². The van der Waals surface area contributed by atoms with Gasteiger partial charge in [-0.15, -0.1) is 24.0 Å². The second kappa shape index (κ2) is 14.3. The second-order valence-electron chi connectivity index (χ2n) is 7.02. The first-order chi connectivity index (χ1) is 12.3. The van der Waals surface area contributed by atoms with E-state index in [1.54, 1.807) is 0 Å². The molecule has 0 amide bonds. The maximum Gasteiger partial charge on any atom is 0.191 e. The zero-order chi connectivity index (χ0) is 17.7. The van der Waals surface area contributed by atoms with Gasteiger partial charge in [-0.1, -0.05) is 37.3 Å². The van der Waals surface area contributed by atoms with E-state index in [1.807, 2.05) is 0 Å². The highest BCUT2D eigenvalue weighted by atomic mass is 127. The monoisotopic (exact) mass is 472 g/mol. The zero-order valence-electron chi connectivity index (χ0n) is 16.5. The number of hydrogen-bond acceptors (Lipinski definition) is 2. The molecular formula is C21H37IN4. The van der Waals surface area contributed by atoms with Gasteiger partial charge >= 0.3 is 0 Å². The second-order valence-corrected chi connectivity index (χ2v) is 7.02. The van der Waals surface area contributed by atoms with Gasteiger partial charge in [0, 0.05) is 19.6 Å². The molecule has 0 atom stereocenters. The SMILES string of the molecule is CCCN1CCC(CN=C(NCC)NCCCc2ccccc2)CC1.I. The van der Waals surface area contributed by atoms with Crippen molar-refractivity contribution in [1.82, 2.24) is 15.5 Å². The first-order valence-electron chi connectivity index (χ1n) is 10.1. The molecule has 1 saturated heterocycles. The summed E-state index contributed by atoms with van der Waals surface area (Å²) in [6.45, 7) is 11.0. The fourth-order valence-electron chi connectivity index (χ4n) is 3.41. The van der Waals surface area contributed by atoms with Crippen molar-refractivity contribution < 1.29 is 0 Å². The van der Waals surface area contributed by atoms with Gasteiger partial charge in [0.05, 0.1) is 0 Å². The number of rotatable bonds is 9. The minimum Gasteiger partial charge on any atom is -0.357 e. The molecule has 5 heteroatoms. The Labute approximate surface area is 177 Å². The molecule has 0 spiro atoms. The maximum absolute atomic E-state index is 4.83. The molecule has 2 rings (SSSR count). The number of piperidine rings is 1. The Balaban J connectivity index is 0.00000338. The Bertz CT molecular complexity index is 484. The fraction of sp³-hybridized carbons (Fsp3) is 0.667. The molecule has 148 valence electrons. The summed E-state index contributed by atoms with van der Waals surface area (Å²) in [7, 11) is 0. The van der Waals surface area contributed by atoms with Crippen LogP contribution in [0.15, 0.2) is 35.3 Å². The first kappa shape index (κ1) is 23.2. The van der Waals surface area contributed by atoms with Crippen LogP contribution in [-0.4, -0.2) is 50.1 Å². The molecule has 1 aromatic rings. The predicted molar refractivity (Wildman–Crippen MR) is 124 cm³/mol. The van der Waals surface area contributed by atoms with Gasteiger partial charge < -0.3 is 15.5 Å². The van der Waals surface area contributed by atoms with Crippen LogP contribution in [0.2, 0.25) is 0 Å². The molecule has 1 aliphatic heterocycles. The lowest BCUT2D eigenvalue weighted by molar-refractivity contribution is 0.188. The number of benzene rings is 1. The Morgan fingerprint density at radius 2 is 1.85 bits per heavy atom. The van der Waals surface area contributed by atoms with Gasteiger partial charge in [0.25, 0.3) is 0 Å². The molecule has 1 fully saturated rings. The lowest BCUT2D eigenvalue weighted by Gasteiger charge is -2.31. The Morgan fingerprint density at radius 1 is 1.12 bits per heavy atom. The number of nitrogens with zero attached hydrogens (tertiary/aromatic N) is 2. The molecule has 26 heavy (non-hydrogen) atoms. The van der Waals surface area contributed by atoms with Crippen molar-refractivity contribution in [2.24, 2.45) is 10.9 Å². The van der Waals surface area contributed by atoms with E-state index < -0.39 is 0 Å². The van der Waals surface area contributed by atoms with Gasteiger partial charge in [0.2, 0.25) is 0 Å². The van der Waals surface area contributed by atoms with Crippen LogP contribution in [0.1, 0.15) is 45.1 Å². The van der Waals surface area contributed by atoms with Crippen LogP contribution in [0, 0.1) is 5.92 Å². The van der Waals surface area contributed by atoms with Gasteiger partial charge in [-0.2, -0.15) is 0 Å². The van der Waals surface area contributed by atoms with Crippen LogP contribution in [0.5, 0.6) is 0 Å². The van der Waals surface area contributed by atoms with Crippen molar-refractivity contribution in [3.63, 3.8) is 0 Å². The molecular weight excluding hydrogens is 435 g/mol. The molecule has 4 nitrogen and oxygen atoms in total. The van der Waals surface area contributed by atoms with E-state index in [-0.39, 0.29) is 24.0 Å². The number of guanidine groups is 1. The zero-order valence-corrected chi connectivity index (χ0v) is 18.9. The standard InChI is InChI=1S/C21H36N4.HI/c1-3-15-25-16-12-20(13-17-25)18-24-21(22-4-2)23-14-8-11-19-9-6-5-7-10-19;/h5-7,9-10,20H,3-4,8,11-18H2,1-2H3,(H2,22,23,24);1H. The highest BCUT2D eigenvalue weighted by molar-refractivity contribution is 14.0. The average molecular weight is 472 g/mol. The van der Waals surface area contributed by atoms with Crippen molar-refractivity contribution in [2.45, 2.75) is 46.0 Å². The van der Waals surface area contributed by atoms with E-state index >= 15 is 0 Å². The topological polar surface area (TPSA) is 39.7 Å². The molecule has 0 radical (unpaired) electrons. The summed E-state index contributed by atoms with van der Waals surface area (Å²) >= 11 is 0. The molecule has 0 unspecified atom stereocenters. The smallest absolute Gasteiger partial charge is 0.191 e. The first-order valence-corrected chi connectivity index (χ1v) is 10.1. The number of aliphatic imine (C=N–C) groups is 1. The third-order valence-electron chi connectivity index (χ3n) is 4.88. The van der Waals surface area contributed by atoms with Crippen LogP contribution in [0.3, 0.4) is 0 Å². The molecule has 0 saturated carbocycles. The molecule has 1 aliphatic rings. The highest BCUT2D eigenvalue weighted by Gasteiger charge is 2.18. The number of likely N-dealkylation sites (tertiary alicyclic amines) is 1. The predicted octanol–water partition coefficient (Wildman–Crippen LogP) is 3.91. The summed E-state index contributed by atoms with van der Waals surface area (Å²) in [5, 5.41) is 6.87. The van der Waals surface area contributed by atoms with Gasteiger partial charge in [0.1, 0.15) is 0 Å². The van der Waals surface area contributed by atoms with Gasteiger partial charge in [-0.25, -0.2) is 0 Å². The number of halogens is 1. The third kappa shape index (κ3) is 9.21. The van der Waals surface area contributed by atoms with E-state index in [9.17, 15) is 0 Å². The number of hydrogen-bond donors (Lipinski definition) is 2. The van der Waals surface area contributed by atoms with E-state index in [0.29, 0.717) is 0 Å². The van der Waals surface area contributed by atoms with Crippen LogP contribution in [0.4, 0.5) is 0 Å². The van der Waals surface area contributed by atoms with Gasteiger partial charge in [-0.05, 0) is 70.1 Å². The minimum absolute atomic E-state index is 0. The number of aryl methyl sites for hydroxylation is 1. The Hall–Kier alpha value is -0.820. The normalized spacial score (nSPS) is 16.2. The molecule has 1 heterocycles. The van der Waals surface area contributed by atoms with Crippen LogP contribution < -0.4 is 10.6 Å². The van der Waals surface area contributed by atoms with Crippen molar-refractivity contribution in [1.29, 1.82) is 0 Å². The lowest BCUT2D eigenvalue weighted by Crippen LogP contribution is -2.39. The molecule has 2 N–H and O–H groups in total.